The number of anilines is 1. The molecular weight excluding hydrogens is 308 g/mol. The predicted molar refractivity (Wildman–Crippen MR) is 83.6 cm³/mol. The van der Waals surface area contributed by atoms with E-state index in [0.29, 0.717) is 21.8 Å². The van der Waals surface area contributed by atoms with E-state index in [4.69, 9.17) is 16.9 Å². The van der Waals surface area contributed by atoms with Crippen molar-refractivity contribution in [2.75, 3.05) is 4.72 Å². The molecule has 1 N–H and O–H groups in total. The Hall–Kier alpha value is -2.03. The number of rotatable bonds is 4. The molecule has 0 saturated carbocycles. The highest BCUT2D eigenvalue weighted by Gasteiger charge is 2.13. The lowest BCUT2D eigenvalue weighted by Gasteiger charge is -2.10. The van der Waals surface area contributed by atoms with Gasteiger partial charge in [0.25, 0.3) is 0 Å². The van der Waals surface area contributed by atoms with E-state index in [1.165, 1.54) is 0 Å². The second-order valence-corrected chi connectivity index (χ2v) is 6.78. The van der Waals surface area contributed by atoms with Crippen molar-refractivity contribution in [3.63, 3.8) is 0 Å². The Morgan fingerprint density at radius 3 is 2.43 bits per heavy atom. The first-order valence-electron chi connectivity index (χ1n) is 6.15. The zero-order chi connectivity index (χ0) is 15.5. The molecule has 0 fully saturated rings. The van der Waals surface area contributed by atoms with Crippen LogP contribution in [0.15, 0.2) is 42.5 Å². The van der Waals surface area contributed by atoms with Crippen LogP contribution >= 0.6 is 11.6 Å². The van der Waals surface area contributed by atoms with E-state index in [9.17, 15) is 8.42 Å². The van der Waals surface area contributed by atoms with Crippen LogP contribution in [0.25, 0.3) is 0 Å². The van der Waals surface area contributed by atoms with Crippen molar-refractivity contribution in [1.29, 1.82) is 5.26 Å². The summed E-state index contributed by atoms with van der Waals surface area (Å²) in [6.45, 7) is 1.88. The summed E-state index contributed by atoms with van der Waals surface area (Å²) in [7, 11) is -3.56. The maximum Gasteiger partial charge on any atom is 0.236 e. The van der Waals surface area contributed by atoms with Gasteiger partial charge in [-0.15, -0.1) is 0 Å². The van der Waals surface area contributed by atoms with Gasteiger partial charge in [-0.25, -0.2) is 8.42 Å². The van der Waals surface area contributed by atoms with Gasteiger partial charge in [0.1, 0.15) is 0 Å². The molecule has 2 rings (SSSR count). The molecular formula is C15H13ClN2O2S. The van der Waals surface area contributed by atoms with Crippen LogP contribution in [-0.4, -0.2) is 8.42 Å². The standard InChI is InChI=1S/C15H13ClN2O2S/c1-11-2-7-15(14(16)8-11)18-21(19,20)10-13-5-3-12(9-17)4-6-13/h2-8,18H,10H2,1H3. The minimum absolute atomic E-state index is 0.178. The van der Waals surface area contributed by atoms with Gasteiger partial charge in [-0.1, -0.05) is 29.8 Å². The summed E-state index contributed by atoms with van der Waals surface area (Å²) in [4.78, 5) is 0. The SMILES string of the molecule is Cc1ccc(NS(=O)(=O)Cc2ccc(C#N)cc2)c(Cl)c1. The molecule has 4 nitrogen and oxygen atoms in total. The third-order valence-electron chi connectivity index (χ3n) is 2.83. The summed E-state index contributed by atoms with van der Waals surface area (Å²) in [5.41, 5.74) is 2.40. The van der Waals surface area contributed by atoms with E-state index < -0.39 is 10.0 Å². The summed E-state index contributed by atoms with van der Waals surface area (Å²) in [6.07, 6.45) is 0. The molecule has 0 heterocycles. The number of aryl methyl sites for hydroxylation is 1. The zero-order valence-electron chi connectivity index (χ0n) is 11.3. The van der Waals surface area contributed by atoms with Gasteiger partial charge in [-0.2, -0.15) is 5.26 Å². The summed E-state index contributed by atoms with van der Waals surface area (Å²) < 4.78 is 26.7. The monoisotopic (exact) mass is 320 g/mol. The van der Waals surface area contributed by atoms with Crippen LogP contribution in [0.5, 0.6) is 0 Å². The van der Waals surface area contributed by atoms with Crippen LogP contribution in [0.4, 0.5) is 5.69 Å². The molecule has 0 bridgehead atoms. The molecule has 0 aliphatic carbocycles. The van der Waals surface area contributed by atoms with E-state index in [1.54, 1.807) is 42.5 Å². The largest absolute Gasteiger partial charge is 0.282 e. The Balaban J connectivity index is 2.16. The first kappa shape index (κ1) is 15.4. The molecule has 0 spiro atoms. The number of nitrogens with one attached hydrogen (secondary N) is 1. The molecule has 0 aliphatic rings. The smallest absolute Gasteiger partial charge is 0.236 e. The normalized spacial score (nSPS) is 10.9. The summed E-state index contributed by atoms with van der Waals surface area (Å²) in [6, 6.07) is 13.5. The second kappa shape index (κ2) is 6.17. The number of halogens is 1. The average molecular weight is 321 g/mol. The molecule has 108 valence electrons. The fourth-order valence-corrected chi connectivity index (χ4v) is 3.36. The molecule has 0 atom stereocenters. The van der Waals surface area contributed by atoms with Gasteiger partial charge in [0.2, 0.25) is 10.0 Å². The number of hydrogen-bond acceptors (Lipinski definition) is 3. The van der Waals surface area contributed by atoms with Gasteiger partial charge < -0.3 is 0 Å². The summed E-state index contributed by atoms with van der Waals surface area (Å²) >= 11 is 6.02. The quantitative estimate of drug-likeness (QED) is 0.937. The highest BCUT2D eigenvalue weighted by molar-refractivity contribution is 7.91. The molecule has 2 aromatic carbocycles. The highest BCUT2D eigenvalue weighted by atomic mass is 35.5. The van der Waals surface area contributed by atoms with Crippen molar-refractivity contribution in [1.82, 2.24) is 0 Å². The van der Waals surface area contributed by atoms with Gasteiger partial charge in [0, 0.05) is 0 Å². The van der Waals surface area contributed by atoms with Crippen LogP contribution in [0.3, 0.4) is 0 Å². The molecule has 21 heavy (non-hydrogen) atoms. The van der Waals surface area contributed by atoms with E-state index >= 15 is 0 Å². The van der Waals surface area contributed by atoms with Gasteiger partial charge in [0.15, 0.2) is 0 Å². The first-order chi connectivity index (χ1) is 9.89. The number of nitrogens with zero attached hydrogens (tertiary/aromatic N) is 1. The van der Waals surface area contributed by atoms with Gasteiger partial charge in [0.05, 0.1) is 28.1 Å². The Morgan fingerprint density at radius 2 is 1.86 bits per heavy atom. The number of benzene rings is 2. The molecule has 0 amide bonds. The number of hydrogen-bond donors (Lipinski definition) is 1. The lowest BCUT2D eigenvalue weighted by atomic mass is 10.2. The minimum atomic E-state index is -3.56. The second-order valence-electron chi connectivity index (χ2n) is 4.65. The lowest BCUT2D eigenvalue weighted by molar-refractivity contribution is 0.600. The third-order valence-corrected chi connectivity index (χ3v) is 4.39. The van der Waals surface area contributed by atoms with Crippen LogP contribution in [0, 0.1) is 18.3 Å². The number of sulfonamides is 1. The van der Waals surface area contributed by atoms with E-state index in [2.05, 4.69) is 4.72 Å². The molecule has 0 unspecified atom stereocenters. The predicted octanol–water partition coefficient (Wildman–Crippen LogP) is 3.46. The maximum atomic E-state index is 12.1. The van der Waals surface area contributed by atoms with Crippen LogP contribution in [-0.2, 0) is 15.8 Å². The Kier molecular flexibility index (Phi) is 4.51. The van der Waals surface area contributed by atoms with Crippen LogP contribution in [0.2, 0.25) is 5.02 Å². The van der Waals surface area contributed by atoms with Crippen molar-refractivity contribution in [3.8, 4) is 6.07 Å². The Labute approximate surface area is 129 Å². The van der Waals surface area contributed by atoms with E-state index in [0.717, 1.165) is 5.56 Å². The Morgan fingerprint density at radius 1 is 1.19 bits per heavy atom. The van der Waals surface area contributed by atoms with Crippen molar-refractivity contribution in [3.05, 3.63) is 64.2 Å². The van der Waals surface area contributed by atoms with Crippen molar-refractivity contribution in [2.45, 2.75) is 12.7 Å². The van der Waals surface area contributed by atoms with E-state index in [-0.39, 0.29) is 5.75 Å². The first-order valence-corrected chi connectivity index (χ1v) is 8.18. The van der Waals surface area contributed by atoms with E-state index in [1.807, 2.05) is 13.0 Å². The van der Waals surface area contributed by atoms with Crippen LogP contribution < -0.4 is 4.72 Å². The highest BCUT2D eigenvalue weighted by Crippen LogP contribution is 2.24. The topological polar surface area (TPSA) is 70.0 Å². The molecule has 0 aliphatic heterocycles. The molecule has 6 heteroatoms. The molecule has 0 aromatic heterocycles. The fourth-order valence-electron chi connectivity index (χ4n) is 1.80. The summed E-state index contributed by atoms with van der Waals surface area (Å²) in [5, 5.41) is 9.07. The fraction of sp³-hybridized carbons (Fsp3) is 0.133. The molecule has 0 radical (unpaired) electrons. The Bertz CT molecular complexity index is 793. The zero-order valence-corrected chi connectivity index (χ0v) is 12.9. The van der Waals surface area contributed by atoms with Gasteiger partial charge >= 0.3 is 0 Å². The third kappa shape index (κ3) is 4.22. The molecule has 2 aromatic rings. The molecule has 0 saturated heterocycles. The van der Waals surface area contributed by atoms with Crippen LogP contribution in [0.1, 0.15) is 16.7 Å². The van der Waals surface area contributed by atoms with Gasteiger partial charge in [-0.3, -0.25) is 4.72 Å². The van der Waals surface area contributed by atoms with Crippen molar-refractivity contribution in [2.24, 2.45) is 0 Å². The lowest BCUT2D eigenvalue weighted by Crippen LogP contribution is -2.15. The van der Waals surface area contributed by atoms with Crippen molar-refractivity contribution < 1.29 is 8.42 Å². The summed E-state index contributed by atoms with van der Waals surface area (Å²) in [5.74, 6) is -0.178. The van der Waals surface area contributed by atoms with Crippen molar-refractivity contribution >= 4 is 27.3 Å². The minimum Gasteiger partial charge on any atom is -0.282 e. The maximum absolute atomic E-state index is 12.1. The van der Waals surface area contributed by atoms with Gasteiger partial charge in [-0.05, 0) is 42.3 Å². The number of nitriles is 1. The average Bonchev–Trinajstić information content (AvgIpc) is 2.42.